The summed E-state index contributed by atoms with van der Waals surface area (Å²) in [6, 6.07) is 9.07. The Labute approximate surface area is 129 Å². The molecule has 1 aliphatic heterocycles. The van der Waals surface area contributed by atoms with Crippen LogP contribution >= 0.6 is 0 Å². The topological polar surface area (TPSA) is 61.4 Å². The number of hydrogen-bond donors (Lipinski definition) is 1. The highest BCUT2D eigenvalue weighted by Gasteiger charge is 2.15. The lowest BCUT2D eigenvalue weighted by molar-refractivity contribution is 0.102. The Kier molecular flexibility index (Phi) is 4.29. The van der Waals surface area contributed by atoms with Crippen molar-refractivity contribution in [2.45, 2.75) is 0 Å². The number of hydrogen-bond acceptors (Lipinski definition) is 5. The molecule has 3 rings (SSSR count). The number of piperazine rings is 1. The fourth-order valence-corrected chi connectivity index (χ4v) is 2.37. The van der Waals surface area contributed by atoms with Crippen molar-refractivity contribution in [1.29, 1.82) is 0 Å². The lowest BCUT2D eigenvalue weighted by atomic mass is 10.3. The number of amides is 1. The molecule has 1 aliphatic rings. The van der Waals surface area contributed by atoms with Gasteiger partial charge in [0.25, 0.3) is 5.91 Å². The number of nitrogens with one attached hydrogen (secondary N) is 1. The first-order valence-corrected chi connectivity index (χ1v) is 7.34. The first-order chi connectivity index (χ1) is 10.7. The molecule has 6 nitrogen and oxygen atoms in total. The van der Waals surface area contributed by atoms with Crippen molar-refractivity contribution in [2.24, 2.45) is 0 Å². The van der Waals surface area contributed by atoms with Crippen molar-refractivity contribution in [3.63, 3.8) is 0 Å². The van der Waals surface area contributed by atoms with Gasteiger partial charge in [0.2, 0.25) is 0 Å². The van der Waals surface area contributed by atoms with Gasteiger partial charge in [0, 0.05) is 32.4 Å². The molecule has 3 heterocycles. The standard InChI is InChI=1S/C16H19N5O/c1-20-8-10-21(11-9-20)15-6-5-13(12-18-15)19-16(22)14-4-2-3-7-17-14/h2-7,12H,8-11H2,1H3,(H,19,22). The number of likely N-dealkylation sites (N-methyl/N-ethyl adjacent to an activating group) is 1. The molecule has 1 fully saturated rings. The normalized spacial score (nSPS) is 15.6. The van der Waals surface area contributed by atoms with E-state index in [4.69, 9.17) is 0 Å². The third-order valence-electron chi connectivity index (χ3n) is 3.73. The van der Waals surface area contributed by atoms with E-state index in [1.54, 1.807) is 30.6 Å². The Morgan fingerprint density at radius 1 is 1.09 bits per heavy atom. The molecule has 1 N–H and O–H groups in total. The second-order valence-electron chi connectivity index (χ2n) is 5.36. The molecule has 114 valence electrons. The quantitative estimate of drug-likeness (QED) is 0.930. The molecule has 0 bridgehead atoms. The summed E-state index contributed by atoms with van der Waals surface area (Å²) >= 11 is 0. The van der Waals surface area contributed by atoms with E-state index in [9.17, 15) is 4.79 Å². The van der Waals surface area contributed by atoms with Gasteiger partial charge in [0.1, 0.15) is 11.5 Å². The average Bonchev–Trinajstić information content (AvgIpc) is 2.57. The molecular formula is C16H19N5O. The second kappa shape index (κ2) is 6.53. The minimum Gasteiger partial charge on any atom is -0.354 e. The molecule has 0 aliphatic carbocycles. The molecule has 0 spiro atoms. The lowest BCUT2D eigenvalue weighted by Gasteiger charge is -2.33. The summed E-state index contributed by atoms with van der Waals surface area (Å²) in [5.74, 6) is 0.721. The smallest absolute Gasteiger partial charge is 0.274 e. The van der Waals surface area contributed by atoms with E-state index >= 15 is 0 Å². The van der Waals surface area contributed by atoms with Crippen LogP contribution in [0.5, 0.6) is 0 Å². The van der Waals surface area contributed by atoms with E-state index in [0.29, 0.717) is 11.4 Å². The summed E-state index contributed by atoms with van der Waals surface area (Å²) in [4.78, 5) is 25.1. The average molecular weight is 297 g/mol. The van der Waals surface area contributed by atoms with Crippen LogP contribution in [0.2, 0.25) is 0 Å². The lowest BCUT2D eigenvalue weighted by Crippen LogP contribution is -2.44. The molecule has 0 unspecified atom stereocenters. The zero-order valence-electron chi connectivity index (χ0n) is 12.6. The molecule has 6 heteroatoms. The van der Waals surface area contributed by atoms with Crippen LogP contribution in [0.15, 0.2) is 42.7 Å². The summed E-state index contributed by atoms with van der Waals surface area (Å²) in [6.45, 7) is 4.03. The third-order valence-corrected chi connectivity index (χ3v) is 3.73. The maximum atomic E-state index is 12.0. The maximum Gasteiger partial charge on any atom is 0.274 e. The van der Waals surface area contributed by atoms with Gasteiger partial charge in [-0.25, -0.2) is 4.98 Å². The Morgan fingerprint density at radius 3 is 2.55 bits per heavy atom. The first kappa shape index (κ1) is 14.5. The molecule has 22 heavy (non-hydrogen) atoms. The fourth-order valence-electron chi connectivity index (χ4n) is 2.37. The van der Waals surface area contributed by atoms with Gasteiger partial charge < -0.3 is 15.1 Å². The van der Waals surface area contributed by atoms with Crippen molar-refractivity contribution in [3.8, 4) is 0 Å². The van der Waals surface area contributed by atoms with Gasteiger partial charge in [-0.3, -0.25) is 9.78 Å². The van der Waals surface area contributed by atoms with E-state index in [2.05, 4.69) is 32.1 Å². The summed E-state index contributed by atoms with van der Waals surface area (Å²) < 4.78 is 0. The van der Waals surface area contributed by atoms with Crippen LogP contribution in [0.1, 0.15) is 10.5 Å². The monoisotopic (exact) mass is 297 g/mol. The Morgan fingerprint density at radius 2 is 1.91 bits per heavy atom. The summed E-state index contributed by atoms with van der Waals surface area (Å²) in [5, 5.41) is 2.80. The number of anilines is 2. The van der Waals surface area contributed by atoms with Crippen LogP contribution in [-0.2, 0) is 0 Å². The number of rotatable bonds is 3. The summed E-state index contributed by atoms with van der Waals surface area (Å²) in [7, 11) is 2.13. The SMILES string of the molecule is CN1CCN(c2ccc(NC(=O)c3ccccn3)cn2)CC1. The molecule has 0 saturated carbocycles. The third kappa shape index (κ3) is 3.40. The van der Waals surface area contributed by atoms with E-state index in [1.807, 2.05) is 12.1 Å². The Balaban J connectivity index is 1.63. The predicted molar refractivity (Wildman–Crippen MR) is 86.1 cm³/mol. The van der Waals surface area contributed by atoms with Crippen molar-refractivity contribution in [1.82, 2.24) is 14.9 Å². The van der Waals surface area contributed by atoms with Gasteiger partial charge >= 0.3 is 0 Å². The Hall–Kier alpha value is -2.47. The van der Waals surface area contributed by atoms with Gasteiger partial charge in [-0.1, -0.05) is 6.07 Å². The second-order valence-corrected chi connectivity index (χ2v) is 5.36. The Bertz CT molecular complexity index is 621. The van der Waals surface area contributed by atoms with Crippen LogP contribution in [0.25, 0.3) is 0 Å². The number of pyridine rings is 2. The zero-order chi connectivity index (χ0) is 15.4. The highest BCUT2D eigenvalue weighted by Crippen LogP contribution is 2.16. The molecular weight excluding hydrogens is 278 g/mol. The zero-order valence-corrected chi connectivity index (χ0v) is 12.6. The van der Waals surface area contributed by atoms with E-state index in [0.717, 1.165) is 32.0 Å². The van der Waals surface area contributed by atoms with Crippen molar-refractivity contribution < 1.29 is 4.79 Å². The van der Waals surface area contributed by atoms with Gasteiger partial charge in [0.15, 0.2) is 0 Å². The van der Waals surface area contributed by atoms with Crippen molar-refractivity contribution in [3.05, 3.63) is 48.4 Å². The van der Waals surface area contributed by atoms with Crippen LogP contribution in [0, 0.1) is 0 Å². The van der Waals surface area contributed by atoms with Crippen LogP contribution in [-0.4, -0.2) is 54.0 Å². The van der Waals surface area contributed by atoms with Gasteiger partial charge in [-0.15, -0.1) is 0 Å². The highest BCUT2D eigenvalue weighted by molar-refractivity contribution is 6.02. The molecule has 1 saturated heterocycles. The van der Waals surface area contributed by atoms with Crippen LogP contribution < -0.4 is 10.2 Å². The summed E-state index contributed by atoms with van der Waals surface area (Å²) in [5.41, 5.74) is 1.07. The minimum absolute atomic E-state index is 0.227. The van der Waals surface area contributed by atoms with Crippen LogP contribution in [0.4, 0.5) is 11.5 Å². The number of nitrogens with zero attached hydrogens (tertiary/aromatic N) is 4. The summed E-state index contributed by atoms with van der Waals surface area (Å²) in [6.07, 6.45) is 3.29. The van der Waals surface area contributed by atoms with Gasteiger partial charge in [-0.2, -0.15) is 0 Å². The van der Waals surface area contributed by atoms with Crippen LogP contribution in [0.3, 0.4) is 0 Å². The van der Waals surface area contributed by atoms with Gasteiger partial charge in [-0.05, 0) is 31.3 Å². The molecule has 1 amide bonds. The molecule has 2 aromatic heterocycles. The molecule has 0 aromatic carbocycles. The minimum atomic E-state index is -0.227. The van der Waals surface area contributed by atoms with E-state index in [1.165, 1.54) is 0 Å². The molecule has 2 aromatic rings. The predicted octanol–water partition coefficient (Wildman–Crippen LogP) is 1.48. The maximum absolute atomic E-state index is 12.0. The van der Waals surface area contributed by atoms with E-state index in [-0.39, 0.29) is 5.91 Å². The molecule has 0 atom stereocenters. The highest BCUT2D eigenvalue weighted by atomic mass is 16.1. The number of aromatic nitrogens is 2. The number of carbonyl (C=O) groups excluding carboxylic acids is 1. The van der Waals surface area contributed by atoms with E-state index < -0.39 is 0 Å². The molecule has 0 radical (unpaired) electrons. The van der Waals surface area contributed by atoms with Crippen molar-refractivity contribution in [2.75, 3.05) is 43.4 Å². The van der Waals surface area contributed by atoms with Crippen molar-refractivity contribution >= 4 is 17.4 Å². The first-order valence-electron chi connectivity index (χ1n) is 7.34. The fraction of sp³-hybridized carbons (Fsp3) is 0.312. The number of carbonyl (C=O) groups is 1. The van der Waals surface area contributed by atoms with Gasteiger partial charge in [0.05, 0.1) is 11.9 Å². The largest absolute Gasteiger partial charge is 0.354 e.